The molecule has 1 atom stereocenters. The number of sulfonamides is 1. The van der Waals surface area contributed by atoms with Crippen LogP contribution >= 0.6 is 0 Å². The summed E-state index contributed by atoms with van der Waals surface area (Å²) in [5.41, 5.74) is 3.09. The highest BCUT2D eigenvalue weighted by molar-refractivity contribution is 7.89. The molecule has 1 saturated heterocycles. The number of carbonyl (C=O) groups excluding carboxylic acids is 2. The van der Waals surface area contributed by atoms with Gasteiger partial charge in [-0.25, -0.2) is 13.2 Å². The molecule has 2 aliphatic rings. The Morgan fingerprint density at radius 3 is 2.26 bits per heavy atom. The summed E-state index contributed by atoms with van der Waals surface area (Å²) in [7, 11) is -2.38. The number of aryl methyl sites for hydroxylation is 3. The van der Waals surface area contributed by atoms with Crippen LogP contribution in [0, 0.1) is 26.7 Å². The summed E-state index contributed by atoms with van der Waals surface area (Å²) in [6, 6.07) is 10.8. The summed E-state index contributed by atoms with van der Waals surface area (Å²) in [6.07, 6.45) is -0.0914. The Balaban J connectivity index is 1.51. The summed E-state index contributed by atoms with van der Waals surface area (Å²) < 4.78 is 38.8. The van der Waals surface area contributed by atoms with E-state index in [-0.39, 0.29) is 31.5 Å². The number of methoxy groups -OCH3 is 1. The van der Waals surface area contributed by atoms with Crippen molar-refractivity contribution in [2.45, 2.75) is 44.6 Å². The van der Waals surface area contributed by atoms with Crippen molar-refractivity contribution in [2.75, 3.05) is 31.6 Å². The monoisotopic (exact) mass is 486 g/mol. The number of hydrogen-bond acceptors (Lipinski definition) is 6. The fourth-order valence-electron chi connectivity index (χ4n) is 4.96. The second kappa shape index (κ2) is 9.38. The molecule has 182 valence electrons. The number of piperidine rings is 1. The molecule has 4 rings (SSSR count). The lowest BCUT2D eigenvalue weighted by Crippen LogP contribution is -2.51. The smallest absolute Gasteiger partial charge is 0.348 e. The summed E-state index contributed by atoms with van der Waals surface area (Å²) in [5.74, 6) is -0.583. The Morgan fingerprint density at radius 1 is 1.03 bits per heavy atom. The Bertz CT molecular complexity index is 1190. The van der Waals surface area contributed by atoms with Crippen LogP contribution in [0.4, 0.5) is 5.69 Å². The molecule has 0 aromatic heterocycles. The van der Waals surface area contributed by atoms with Gasteiger partial charge in [0.1, 0.15) is 5.75 Å². The van der Waals surface area contributed by atoms with Gasteiger partial charge in [0.2, 0.25) is 22.0 Å². The fourth-order valence-corrected chi connectivity index (χ4v) is 6.84. The van der Waals surface area contributed by atoms with Crippen molar-refractivity contribution in [3.63, 3.8) is 0 Å². The molecule has 2 aliphatic heterocycles. The quantitative estimate of drug-likeness (QED) is 0.617. The molecule has 0 bridgehead atoms. The average Bonchev–Trinajstić information content (AvgIpc) is 2.81. The lowest BCUT2D eigenvalue weighted by Gasteiger charge is -2.37. The molecule has 1 fully saturated rings. The van der Waals surface area contributed by atoms with Crippen molar-refractivity contribution in [3.05, 3.63) is 53.1 Å². The van der Waals surface area contributed by atoms with E-state index in [0.717, 1.165) is 16.7 Å². The fraction of sp³-hybridized carbons (Fsp3) is 0.440. The molecule has 0 N–H and O–H groups in total. The lowest BCUT2D eigenvalue weighted by molar-refractivity contribution is -0.148. The van der Waals surface area contributed by atoms with Crippen LogP contribution in [0.5, 0.6) is 5.75 Å². The molecule has 2 aromatic rings. The summed E-state index contributed by atoms with van der Waals surface area (Å²) >= 11 is 0. The highest BCUT2D eigenvalue weighted by Gasteiger charge is 2.39. The topological polar surface area (TPSA) is 93.2 Å². The van der Waals surface area contributed by atoms with E-state index in [2.05, 4.69) is 0 Å². The van der Waals surface area contributed by atoms with Gasteiger partial charge < -0.3 is 14.4 Å². The Morgan fingerprint density at radius 2 is 1.65 bits per heavy atom. The molecule has 2 aromatic carbocycles. The van der Waals surface area contributed by atoms with Crippen LogP contribution < -0.4 is 9.64 Å². The number of benzene rings is 2. The van der Waals surface area contributed by atoms with E-state index in [9.17, 15) is 18.0 Å². The van der Waals surface area contributed by atoms with Gasteiger partial charge >= 0.3 is 5.97 Å². The highest BCUT2D eigenvalue weighted by Crippen LogP contribution is 2.36. The minimum absolute atomic E-state index is 0.0583. The third kappa shape index (κ3) is 4.42. The third-order valence-electron chi connectivity index (χ3n) is 6.51. The van der Waals surface area contributed by atoms with Crippen LogP contribution in [0.1, 0.15) is 29.5 Å². The Labute approximate surface area is 200 Å². The zero-order valence-electron chi connectivity index (χ0n) is 19.9. The first-order chi connectivity index (χ1) is 16.1. The maximum absolute atomic E-state index is 13.5. The Kier molecular flexibility index (Phi) is 6.69. The first kappa shape index (κ1) is 24.2. The van der Waals surface area contributed by atoms with E-state index in [4.69, 9.17) is 9.47 Å². The van der Waals surface area contributed by atoms with E-state index in [0.29, 0.717) is 29.2 Å². The molecular formula is C25H30N2O6S. The van der Waals surface area contributed by atoms with Crippen molar-refractivity contribution in [1.82, 2.24) is 4.31 Å². The van der Waals surface area contributed by atoms with E-state index in [1.165, 1.54) is 11.4 Å². The molecule has 0 saturated carbocycles. The van der Waals surface area contributed by atoms with Crippen molar-refractivity contribution in [2.24, 2.45) is 5.92 Å². The molecule has 0 spiro atoms. The minimum Gasteiger partial charge on any atom is -0.475 e. The number of para-hydroxylation sites is 2. The number of nitrogens with zero attached hydrogens (tertiary/aromatic N) is 2. The zero-order valence-corrected chi connectivity index (χ0v) is 20.7. The number of anilines is 1. The molecule has 0 radical (unpaired) electrons. The predicted octanol–water partition coefficient (Wildman–Crippen LogP) is 2.98. The summed E-state index contributed by atoms with van der Waals surface area (Å²) in [4.78, 5) is 27.5. The second-order valence-electron chi connectivity index (χ2n) is 8.95. The molecular weight excluding hydrogens is 456 g/mol. The van der Waals surface area contributed by atoms with Crippen LogP contribution in [0.3, 0.4) is 0 Å². The number of fused-ring (bicyclic) bond motifs is 1. The maximum atomic E-state index is 13.5. The van der Waals surface area contributed by atoms with Gasteiger partial charge in [-0.1, -0.05) is 29.8 Å². The van der Waals surface area contributed by atoms with E-state index >= 15 is 0 Å². The van der Waals surface area contributed by atoms with Crippen molar-refractivity contribution < 1.29 is 27.5 Å². The van der Waals surface area contributed by atoms with Gasteiger partial charge in [-0.15, -0.1) is 0 Å². The van der Waals surface area contributed by atoms with E-state index in [1.807, 2.05) is 39.0 Å². The van der Waals surface area contributed by atoms with Crippen LogP contribution in [-0.4, -0.2) is 57.4 Å². The maximum Gasteiger partial charge on any atom is 0.348 e. The normalized spacial score (nSPS) is 19.3. The van der Waals surface area contributed by atoms with E-state index < -0.39 is 22.1 Å². The van der Waals surface area contributed by atoms with Gasteiger partial charge in [0.05, 0.1) is 24.2 Å². The number of ether oxygens (including phenoxy) is 2. The predicted molar refractivity (Wildman–Crippen MR) is 127 cm³/mol. The van der Waals surface area contributed by atoms with Gasteiger partial charge in [0.25, 0.3) is 0 Å². The van der Waals surface area contributed by atoms with Crippen LogP contribution in [-0.2, 0) is 24.3 Å². The molecule has 1 unspecified atom stereocenters. The molecule has 34 heavy (non-hydrogen) atoms. The summed E-state index contributed by atoms with van der Waals surface area (Å²) in [5, 5.41) is 0. The number of rotatable bonds is 4. The van der Waals surface area contributed by atoms with Gasteiger partial charge in [0, 0.05) is 19.0 Å². The van der Waals surface area contributed by atoms with Gasteiger partial charge in [-0.3, -0.25) is 4.79 Å². The average molecular weight is 487 g/mol. The number of carbonyl (C=O) groups is 2. The molecule has 2 heterocycles. The van der Waals surface area contributed by atoms with Crippen LogP contribution in [0.25, 0.3) is 0 Å². The van der Waals surface area contributed by atoms with Gasteiger partial charge in [-0.05, 0) is 56.9 Å². The van der Waals surface area contributed by atoms with Crippen molar-refractivity contribution >= 4 is 27.6 Å². The third-order valence-corrected chi connectivity index (χ3v) is 8.71. The highest BCUT2D eigenvalue weighted by atomic mass is 32.2. The standard InChI is InChI=1S/C25H30N2O6S/c1-16-13-17(2)23(18(3)14-16)34(30,31)26-11-9-19(10-12-26)24(28)27-15-22(25(29)32-4)33-21-8-6-5-7-20(21)27/h5-8,13-14,19,22H,9-12,15H2,1-4H3. The molecule has 1 amide bonds. The Hall–Kier alpha value is -2.91. The molecule has 9 heteroatoms. The number of amides is 1. The van der Waals surface area contributed by atoms with Gasteiger partial charge in [0.15, 0.2) is 0 Å². The lowest BCUT2D eigenvalue weighted by atomic mass is 9.95. The number of hydrogen-bond donors (Lipinski definition) is 0. The van der Waals surface area contributed by atoms with Crippen LogP contribution in [0.2, 0.25) is 0 Å². The largest absolute Gasteiger partial charge is 0.475 e. The minimum atomic E-state index is -3.66. The SMILES string of the molecule is COC(=O)C1CN(C(=O)C2CCN(S(=O)(=O)c3c(C)cc(C)cc3C)CC2)c2ccccc2O1. The second-order valence-corrected chi connectivity index (χ2v) is 10.8. The van der Waals surface area contributed by atoms with Gasteiger partial charge in [-0.2, -0.15) is 4.31 Å². The molecule has 0 aliphatic carbocycles. The van der Waals surface area contributed by atoms with Crippen molar-refractivity contribution in [3.8, 4) is 5.75 Å². The summed E-state index contributed by atoms with van der Waals surface area (Å²) in [6.45, 7) is 6.16. The van der Waals surface area contributed by atoms with Crippen LogP contribution in [0.15, 0.2) is 41.3 Å². The number of esters is 1. The zero-order chi connectivity index (χ0) is 24.6. The van der Waals surface area contributed by atoms with Crippen molar-refractivity contribution in [1.29, 1.82) is 0 Å². The first-order valence-electron chi connectivity index (χ1n) is 11.4. The first-order valence-corrected chi connectivity index (χ1v) is 12.8. The van der Waals surface area contributed by atoms with E-state index in [1.54, 1.807) is 23.1 Å². The molecule has 8 nitrogen and oxygen atoms in total.